The van der Waals surface area contributed by atoms with E-state index in [9.17, 15) is 9.90 Å². The maximum Gasteiger partial charge on any atom is 0.314 e. The molecule has 19 heavy (non-hydrogen) atoms. The second-order valence-electron chi connectivity index (χ2n) is 5.27. The smallest absolute Gasteiger partial charge is 0.314 e. The Bertz CT molecular complexity index is 477. The van der Waals surface area contributed by atoms with E-state index in [1.165, 1.54) is 0 Å². The molecule has 1 aromatic rings. The number of ether oxygens (including phenoxy) is 2. The van der Waals surface area contributed by atoms with E-state index < -0.39 is 11.4 Å². The Kier molecular flexibility index (Phi) is 3.80. The van der Waals surface area contributed by atoms with Crippen molar-refractivity contribution < 1.29 is 19.4 Å². The van der Waals surface area contributed by atoms with Crippen molar-refractivity contribution in [2.24, 2.45) is 0 Å². The maximum absolute atomic E-state index is 11.5. The molecule has 1 aliphatic carbocycles. The van der Waals surface area contributed by atoms with Gasteiger partial charge in [-0.3, -0.25) is 4.79 Å². The summed E-state index contributed by atoms with van der Waals surface area (Å²) in [4.78, 5) is 11.5. The molecule has 0 saturated heterocycles. The minimum atomic E-state index is -0.762. The van der Waals surface area contributed by atoms with Crippen molar-refractivity contribution in [2.45, 2.75) is 38.2 Å². The number of hydrogen-bond acceptors (Lipinski definition) is 3. The molecule has 0 aliphatic heterocycles. The Labute approximate surface area is 113 Å². The number of carbonyl (C=O) groups is 1. The molecular weight excluding hydrogens is 244 g/mol. The molecule has 0 heterocycles. The largest absolute Gasteiger partial charge is 0.488 e. The molecule has 1 saturated carbocycles. The van der Waals surface area contributed by atoms with Gasteiger partial charge in [-0.25, -0.2) is 0 Å². The van der Waals surface area contributed by atoms with Gasteiger partial charge in [0.15, 0.2) is 0 Å². The normalized spacial score (nSPS) is 17.8. The number of carboxylic acid groups (broad SMARTS) is 1. The molecule has 104 valence electrons. The topological polar surface area (TPSA) is 55.8 Å². The molecule has 1 fully saturated rings. The molecule has 1 unspecified atom stereocenters. The Balaban J connectivity index is 2.31. The molecule has 1 atom stereocenters. The summed E-state index contributed by atoms with van der Waals surface area (Å²) in [6, 6.07) is 5.73. The van der Waals surface area contributed by atoms with Crippen LogP contribution in [0.4, 0.5) is 0 Å². The predicted octanol–water partition coefficient (Wildman–Crippen LogP) is 2.52. The van der Waals surface area contributed by atoms with Gasteiger partial charge in [-0.05, 0) is 32.8 Å². The van der Waals surface area contributed by atoms with E-state index in [-0.39, 0.29) is 6.10 Å². The van der Waals surface area contributed by atoms with Gasteiger partial charge in [0, 0.05) is 12.7 Å². The van der Waals surface area contributed by atoms with Crippen LogP contribution in [0.15, 0.2) is 18.2 Å². The summed E-state index contributed by atoms with van der Waals surface area (Å²) in [5, 5.41) is 9.43. The lowest BCUT2D eigenvalue weighted by atomic mass is 9.93. The van der Waals surface area contributed by atoms with Crippen LogP contribution in [0.5, 0.6) is 5.75 Å². The summed E-state index contributed by atoms with van der Waals surface area (Å²) >= 11 is 0. The van der Waals surface area contributed by atoms with Gasteiger partial charge in [0.05, 0.1) is 12.0 Å². The zero-order chi connectivity index (χ0) is 14.0. The van der Waals surface area contributed by atoms with Crippen molar-refractivity contribution in [3.63, 3.8) is 0 Å². The third-order valence-corrected chi connectivity index (χ3v) is 3.54. The van der Waals surface area contributed by atoms with Gasteiger partial charge in [0.25, 0.3) is 0 Å². The van der Waals surface area contributed by atoms with E-state index in [1.54, 1.807) is 7.11 Å². The molecule has 0 amide bonds. The van der Waals surface area contributed by atoms with E-state index in [1.807, 2.05) is 32.0 Å². The lowest BCUT2D eigenvalue weighted by molar-refractivity contribution is -0.140. The molecule has 4 nitrogen and oxygen atoms in total. The average Bonchev–Trinajstić information content (AvgIpc) is 3.13. The summed E-state index contributed by atoms with van der Waals surface area (Å²) < 4.78 is 10.9. The van der Waals surface area contributed by atoms with Crippen LogP contribution in [-0.4, -0.2) is 30.9 Å². The third-order valence-electron chi connectivity index (χ3n) is 3.54. The highest BCUT2D eigenvalue weighted by Gasteiger charge is 2.53. The van der Waals surface area contributed by atoms with E-state index in [0.717, 1.165) is 11.1 Å². The first-order valence-corrected chi connectivity index (χ1v) is 6.50. The fraction of sp³-hybridized carbons (Fsp3) is 0.533. The Morgan fingerprint density at radius 2 is 2.16 bits per heavy atom. The van der Waals surface area contributed by atoms with Crippen molar-refractivity contribution in [2.75, 3.05) is 13.7 Å². The molecule has 1 aliphatic rings. The van der Waals surface area contributed by atoms with Crippen LogP contribution in [0.1, 0.15) is 30.9 Å². The Morgan fingerprint density at radius 1 is 1.47 bits per heavy atom. The van der Waals surface area contributed by atoms with Gasteiger partial charge >= 0.3 is 5.97 Å². The fourth-order valence-corrected chi connectivity index (χ4v) is 2.33. The van der Waals surface area contributed by atoms with Crippen molar-refractivity contribution >= 4 is 5.97 Å². The average molecular weight is 264 g/mol. The van der Waals surface area contributed by atoms with Crippen molar-refractivity contribution in [1.29, 1.82) is 0 Å². The van der Waals surface area contributed by atoms with Crippen molar-refractivity contribution in [3.8, 4) is 5.75 Å². The van der Waals surface area contributed by atoms with Gasteiger partial charge in [0.1, 0.15) is 11.9 Å². The summed E-state index contributed by atoms with van der Waals surface area (Å²) in [5.74, 6) is -0.0996. The van der Waals surface area contributed by atoms with Gasteiger partial charge in [-0.1, -0.05) is 17.7 Å². The van der Waals surface area contributed by atoms with E-state index in [2.05, 4.69) is 0 Å². The molecule has 0 radical (unpaired) electrons. The number of hydrogen-bond donors (Lipinski definition) is 1. The number of carboxylic acids is 1. The van der Waals surface area contributed by atoms with Gasteiger partial charge < -0.3 is 14.6 Å². The van der Waals surface area contributed by atoms with Crippen LogP contribution in [0.2, 0.25) is 0 Å². The summed E-state index contributed by atoms with van der Waals surface area (Å²) in [6.45, 7) is 4.35. The van der Waals surface area contributed by atoms with Crippen LogP contribution < -0.4 is 4.74 Å². The maximum atomic E-state index is 11.5. The Hall–Kier alpha value is -1.55. The van der Waals surface area contributed by atoms with E-state index in [4.69, 9.17) is 9.47 Å². The summed E-state index contributed by atoms with van der Waals surface area (Å²) in [7, 11) is 1.62. The predicted molar refractivity (Wildman–Crippen MR) is 71.7 cm³/mol. The number of rotatable bonds is 6. The highest BCUT2D eigenvalue weighted by atomic mass is 16.5. The SMILES string of the molecule is COCC(C)Oc1ccc(C)cc1C1(C(=O)O)CC1. The molecular formula is C15H20O4. The van der Waals surface area contributed by atoms with E-state index >= 15 is 0 Å². The second-order valence-corrected chi connectivity index (χ2v) is 5.27. The van der Waals surface area contributed by atoms with E-state index in [0.29, 0.717) is 25.2 Å². The molecule has 1 aromatic carbocycles. The zero-order valence-corrected chi connectivity index (χ0v) is 11.6. The van der Waals surface area contributed by atoms with Crippen LogP contribution in [-0.2, 0) is 14.9 Å². The number of aryl methyl sites for hydroxylation is 1. The lowest BCUT2D eigenvalue weighted by Gasteiger charge is -2.20. The van der Waals surface area contributed by atoms with Crippen LogP contribution in [0, 0.1) is 6.92 Å². The second kappa shape index (κ2) is 5.21. The molecule has 0 spiro atoms. The minimum absolute atomic E-state index is 0.101. The first kappa shape index (κ1) is 13.9. The zero-order valence-electron chi connectivity index (χ0n) is 11.6. The van der Waals surface area contributed by atoms with Gasteiger partial charge in [0.2, 0.25) is 0 Å². The molecule has 0 bridgehead atoms. The molecule has 0 aromatic heterocycles. The van der Waals surface area contributed by atoms with Crippen LogP contribution in [0.25, 0.3) is 0 Å². The highest BCUT2D eigenvalue weighted by Crippen LogP contribution is 2.51. The number of aliphatic carboxylic acids is 1. The minimum Gasteiger partial charge on any atom is -0.488 e. The summed E-state index contributed by atoms with van der Waals surface area (Å²) in [5.41, 5.74) is 1.10. The quantitative estimate of drug-likeness (QED) is 0.857. The first-order valence-electron chi connectivity index (χ1n) is 6.50. The van der Waals surface area contributed by atoms with Crippen LogP contribution in [0.3, 0.4) is 0 Å². The lowest BCUT2D eigenvalue weighted by Crippen LogP contribution is -2.24. The molecule has 4 heteroatoms. The monoisotopic (exact) mass is 264 g/mol. The van der Waals surface area contributed by atoms with Crippen molar-refractivity contribution in [1.82, 2.24) is 0 Å². The van der Waals surface area contributed by atoms with Crippen LogP contribution >= 0.6 is 0 Å². The summed E-state index contributed by atoms with van der Waals surface area (Å²) in [6.07, 6.45) is 1.26. The number of methoxy groups -OCH3 is 1. The molecule has 1 N–H and O–H groups in total. The van der Waals surface area contributed by atoms with Gasteiger partial charge in [-0.2, -0.15) is 0 Å². The highest BCUT2D eigenvalue weighted by molar-refractivity contribution is 5.86. The van der Waals surface area contributed by atoms with Gasteiger partial charge in [-0.15, -0.1) is 0 Å². The molecule has 2 rings (SSSR count). The first-order chi connectivity index (χ1) is 8.99. The third kappa shape index (κ3) is 2.73. The number of benzene rings is 1. The Morgan fingerprint density at radius 3 is 2.68 bits per heavy atom. The fourth-order valence-electron chi connectivity index (χ4n) is 2.33. The van der Waals surface area contributed by atoms with Crippen molar-refractivity contribution in [3.05, 3.63) is 29.3 Å². The standard InChI is InChI=1S/C15H20O4/c1-10-4-5-13(19-11(2)9-18-3)12(8-10)15(6-7-15)14(16)17/h4-5,8,11H,6-7,9H2,1-3H3,(H,16,17).